The van der Waals surface area contributed by atoms with Crippen LogP contribution in [0.3, 0.4) is 0 Å². The first-order valence-corrected chi connectivity index (χ1v) is 10.3. The van der Waals surface area contributed by atoms with E-state index in [1.807, 2.05) is 30.3 Å². The summed E-state index contributed by atoms with van der Waals surface area (Å²) >= 11 is 0. The summed E-state index contributed by atoms with van der Waals surface area (Å²) in [5.74, 6) is 0.164. The maximum Gasteiger partial charge on any atom is 0.324 e. The first kappa shape index (κ1) is 20.2. The third-order valence-corrected chi connectivity index (χ3v) is 6.59. The van der Waals surface area contributed by atoms with E-state index in [2.05, 4.69) is 0 Å². The molecule has 0 saturated heterocycles. The fourth-order valence-corrected chi connectivity index (χ4v) is 5.10. The summed E-state index contributed by atoms with van der Waals surface area (Å²) in [4.78, 5) is 12.7. The Labute approximate surface area is 164 Å². The number of hydrogen-bond donors (Lipinski definition) is 0. The van der Waals surface area contributed by atoms with Gasteiger partial charge in [-0.25, -0.2) is 8.42 Å². The van der Waals surface area contributed by atoms with Crippen LogP contribution in [0.15, 0.2) is 47.4 Å². The number of rotatable bonds is 6. The molecule has 0 amide bonds. The first-order valence-electron chi connectivity index (χ1n) is 8.89. The van der Waals surface area contributed by atoms with Gasteiger partial charge in [0.25, 0.3) is 0 Å². The summed E-state index contributed by atoms with van der Waals surface area (Å²) < 4.78 is 43.7. The van der Waals surface area contributed by atoms with Crippen molar-refractivity contribution >= 4 is 16.0 Å². The predicted octanol–water partition coefficient (Wildman–Crippen LogP) is 2.38. The van der Waals surface area contributed by atoms with Crippen LogP contribution in [0.5, 0.6) is 11.5 Å². The molecule has 1 unspecified atom stereocenters. The van der Waals surface area contributed by atoms with Crippen molar-refractivity contribution in [2.24, 2.45) is 0 Å². The summed E-state index contributed by atoms with van der Waals surface area (Å²) in [6, 6.07) is 11.3. The monoisotopic (exact) mass is 405 g/mol. The minimum Gasteiger partial charge on any atom is -0.493 e. The van der Waals surface area contributed by atoms with Crippen molar-refractivity contribution in [1.82, 2.24) is 4.31 Å². The molecule has 2 aromatic rings. The quantitative estimate of drug-likeness (QED) is 0.687. The lowest BCUT2D eigenvalue weighted by molar-refractivity contribution is -0.148. The zero-order valence-electron chi connectivity index (χ0n) is 16.0. The van der Waals surface area contributed by atoms with Crippen LogP contribution in [0.4, 0.5) is 0 Å². The van der Waals surface area contributed by atoms with E-state index in [0.29, 0.717) is 17.1 Å². The zero-order valence-corrected chi connectivity index (χ0v) is 16.9. The van der Waals surface area contributed by atoms with E-state index in [0.717, 1.165) is 5.56 Å². The number of methoxy groups -OCH3 is 2. The van der Waals surface area contributed by atoms with Gasteiger partial charge in [-0.2, -0.15) is 4.31 Å². The molecule has 0 bridgehead atoms. The van der Waals surface area contributed by atoms with Crippen molar-refractivity contribution in [3.8, 4) is 11.5 Å². The highest BCUT2D eigenvalue weighted by atomic mass is 32.2. The number of fused-ring (bicyclic) bond motifs is 1. The lowest BCUT2D eigenvalue weighted by Crippen LogP contribution is -2.49. The number of hydrogen-bond acceptors (Lipinski definition) is 6. The van der Waals surface area contributed by atoms with Crippen molar-refractivity contribution < 1.29 is 27.4 Å². The Morgan fingerprint density at radius 2 is 1.75 bits per heavy atom. The molecule has 0 fully saturated rings. The van der Waals surface area contributed by atoms with E-state index in [-0.39, 0.29) is 24.5 Å². The minimum atomic E-state index is -3.95. The number of sulfonamides is 1. The molecular formula is C20H23NO6S. The molecule has 2 aromatic carbocycles. The highest BCUT2D eigenvalue weighted by Crippen LogP contribution is 2.39. The van der Waals surface area contributed by atoms with E-state index in [9.17, 15) is 13.2 Å². The molecule has 1 aliphatic rings. The Balaban J connectivity index is 2.12. The van der Waals surface area contributed by atoms with Crippen LogP contribution in [-0.2, 0) is 32.5 Å². The summed E-state index contributed by atoms with van der Waals surface area (Å²) in [6.07, 6.45) is 0.195. The fraction of sp³-hybridized carbons (Fsp3) is 0.350. The van der Waals surface area contributed by atoms with Gasteiger partial charge in [0, 0.05) is 19.0 Å². The molecule has 8 heteroatoms. The van der Waals surface area contributed by atoms with Gasteiger partial charge in [-0.15, -0.1) is 0 Å². The van der Waals surface area contributed by atoms with Crippen LogP contribution in [0.25, 0.3) is 0 Å². The number of nitrogens with zero attached hydrogens (tertiary/aromatic N) is 1. The Bertz CT molecular complexity index is 958. The molecule has 1 aliphatic heterocycles. The van der Waals surface area contributed by atoms with Crippen LogP contribution in [0.1, 0.15) is 18.1 Å². The predicted molar refractivity (Wildman–Crippen MR) is 103 cm³/mol. The average Bonchev–Trinajstić information content (AvgIpc) is 2.70. The SMILES string of the molecule is CCOC(=O)C1Cc2cc(OC)c(OC)cc2S(=O)(=O)N1Cc1ccccc1. The smallest absolute Gasteiger partial charge is 0.324 e. The second-order valence-corrected chi connectivity index (χ2v) is 8.18. The molecule has 7 nitrogen and oxygen atoms in total. The topological polar surface area (TPSA) is 82.1 Å². The van der Waals surface area contributed by atoms with Crippen LogP contribution in [0, 0.1) is 0 Å². The highest BCUT2D eigenvalue weighted by molar-refractivity contribution is 7.89. The minimum absolute atomic E-state index is 0.0699. The van der Waals surface area contributed by atoms with Crippen molar-refractivity contribution in [2.45, 2.75) is 30.8 Å². The highest BCUT2D eigenvalue weighted by Gasteiger charge is 2.43. The van der Waals surface area contributed by atoms with E-state index in [1.54, 1.807) is 13.0 Å². The molecule has 0 radical (unpaired) electrons. The third-order valence-electron chi connectivity index (χ3n) is 4.65. The molecule has 0 aliphatic carbocycles. The molecule has 150 valence electrons. The molecule has 0 aromatic heterocycles. The van der Waals surface area contributed by atoms with Gasteiger partial charge in [-0.1, -0.05) is 30.3 Å². The first-order chi connectivity index (χ1) is 13.4. The van der Waals surface area contributed by atoms with Crippen LogP contribution < -0.4 is 9.47 Å². The van der Waals surface area contributed by atoms with Gasteiger partial charge in [-0.05, 0) is 24.1 Å². The van der Waals surface area contributed by atoms with Gasteiger partial charge in [0.05, 0.1) is 25.7 Å². The van der Waals surface area contributed by atoms with E-state index >= 15 is 0 Å². The maximum absolute atomic E-state index is 13.4. The lowest BCUT2D eigenvalue weighted by atomic mass is 10.0. The average molecular weight is 405 g/mol. The van der Waals surface area contributed by atoms with Gasteiger partial charge in [0.15, 0.2) is 11.5 Å². The Kier molecular flexibility index (Phi) is 5.90. The van der Waals surface area contributed by atoms with E-state index in [1.165, 1.54) is 24.6 Å². The summed E-state index contributed by atoms with van der Waals surface area (Å²) in [5, 5.41) is 0. The lowest BCUT2D eigenvalue weighted by Gasteiger charge is -2.34. The Morgan fingerprint density at radius 3 is 2.36 bits per heavy atom. The molecule has 3 rings (SSSR count). The zero-order chi connectivity index (χ0) is 20.3. The summed E-state index contributed by atoms with van der Waals surface area (Å²) in [6.45, 7) is 1.94. The van der Waals surface area contributed by atoms with Crippen molar-refractivity contribution in [3.05, 3.63) is 53.6 Å². The van der Waals surface area contributed by atoms with Gasteiger partial charge < -0.3 is 14.2 Å². The molecule has 0 N–H and O–H groups in total. The number of ether oxygens (including phenoxy) is 3. The van der Waals surface area contributed by atoms with E-state index in [4.69, 9.17) is 14.2 Å². The van der Waals surface area contributed by atoms with Gasteiger partial charge in [-0.3, -0.25) is 4.79 Å². The van der Waals surface area contributed by atoms with Gasteiger partial charge in [0.2, 0.25) is 10.0 Å². The Morgan fingerprint density at radius 1 is 1.11 bits per heavy atom. The standard InChI is InChI=1S/C20H23NO6S/c1-4-27-20(22)16-10-15-11-17(25-2)18(26-3)12-19(15)28(23,24)21(16)13-14-8-6-5-7-9-14/h5-9,11-12,16H,4,10,13H2,1-3H3. The number of benzene rings is 2. The largest absolute Gasteiger partial charge is 0.493 e. The van der Waals surface area contributed by atoms with Crippen molar-refractivity contribution in [2.75, 3.05) is 20.8 Å². The van der Waals surface area contributed by atoms with Crippen LogP contribution >= 0.6 is 0 Å². The van der Waals surface area contributed by atoms with Gasteiger partial charge in [0.1, 0.15) is 6.04 Å². The van der Waals surface area contributed by atoms with Crippen molar-refractivity contribution in [3.63, 3.8) is 0 Å². The summed E-state index contributed by atoms with van der Waals surface area (Å²) in [5.41, 5.74) is 1.28. The maximum atomic E-state index is 13.4. The number of esters is 1. The molecular weight excluding hydrogens is 382 g/mol. The Hall–Kier alpha value is -2.58. The molecule has 0 saturated carbocycles. The molecule has 1 heterocycles. The second-order valence-electron chi connectivity index (χ2n) is 6.32. The number of carbonyl (C=O) groups excluding carboxylic acids is 1. The van der Waals surface area contributed by atoms with E-state index < -0.39 is 22.0 Å². The van der Waals surface area contributed by atoms with Gasteiger partial charge >= 0.3 is 5.97 Å². The molecule has 0 spiro atoms. The normalized spacial score (nSPS) is 18.2. The molecule has 1 atom stereocenters. The second kappa shape index (κ2) is 8.20. The molecule has 28 heavy (non-hydrogen) atoms. The number of carbonyl (C=O) groups is 1. The van der Waals surface area contributed by atoms with Crippen LogP contribution in [-0.4, -0.2) is 45.6 Å². The summed E-state index contributed by atoms with van der Waals surface area (Å²) in [7, 11) is -1.03. The van der Waals surface area contributed by atoms with Crippen LogP contribution in [0.2, 0.25) is 0 Å². The third kappa shape index (κ3) is 3.70. The fourth-order valence-electron chi connectivity index (χ4n) is 3.30. The van der Waals surface area contributed by atoms with Crippen molar-refractivity contribution in [1.29, 1.82) is 0 Å².